The van der Waals surface area contributed by atoms with Crippen LogP contribution in [0.5, 0.6) is 0 Å². The number of hydrogen-bond donors (Lipinski definition) is 1. The third kappa shape index (κ3) is 4.24. The number of sulfonamides is 1. The van der Waals surface area contributed by atoms with Crippen LogP contribution in [0.25, 0.3) is 11.4 Å². The number of alkyl halides is 3. The summed E-state index contributed by atoms with van der Waals surface area (Å²) in [5, 5.41) is 9.28. The second kappa shape index (κ2) is 7.38. The smallest absolute Gasteiger partial charge is 0.253 e. The van der Waals surface area contributed by atoms with Crippen molar-refractivity contribution in [1.82, 2.24) is 9.36 Å². The van der Waals surface area contributed by atoms with E-state index in [2.05, 4.69) is 14.1 Å². The van der Waals surface area contributed by atoms with Crippen LogP contribution in [0, 0.1) is 11.3 Å². The van der Waals surface area contributed by atoms with Gasteiger partial charge in [-0.05, 0) is 30.3 Å². The average molecular weight is 445 g/mol. The fourth-order valence-electron chi connectivity index (χ4n) is 2.21. The molecule has 2 aromatic carbocycles. The van der Waals surface area contributed by atoms with Gasteiger partial charge in [-0.15, -0.1) is 0 Å². The van der Waals surface area contributed by atoms with E-state index in [1.54, 1.807) is 24.3 Å². The Morgan fingerprint density at radius 2 is 1.93 bits per heavy atom. The summed E-state index contributed by atoms with van der Waals surface area (Å²) in [6.45, 7) is 0. The summed E-state index contributed by atoms with van der Waals surface area (Å²) >= 11 is 6.64. The molecule has 0 aliphatic rings. The van der Waals surface area contributed by atoms with Crippen molar-refractivity contribution in [3.05, 3.63) is 58.6 Å². The fourth-order valence-corrected chi connectivity index (χ4v) is 4.24. The molecule has 3 aromatic rings. The van der Waals surface area contributed by atoms with Gasteiger partial charge in [0.25, 0.3) is 10.0 Å². The third-order valence-electron chi connectivity index (χ3n) is 3.46. The molecule has 3 rings (SSSR count). The van der Waals surface area contributed by atoms with E-state index in [1.165, 1.54) is 6.07 Å². The molecule has 144 valence electrons. The van der Waals surface area contributed by atoms with Crippen molar-refractivity contribution in [2.75, 3.05) is 4.72 Å². The Balaban J connectivity index is 1.90. The number of hydrogen-bond acceptors (Lipinski definition) is 6. The molecule has 1 N–H and O–H groups in total. The van der Waals surface area contributed by atoms with Gasteiger partial charge in [-0.25, -0.2) is 8.42 Å². The molecule has 0 fully saturated rings. The van der Waals surface area contributed by atoms with Crippen LogP contribution >= 0.6 is 23.1 Å². The number of anilines is 1. The molecular formula is C16H8ClF3N4O2S2. The Morgan fingerprint density at radius 1 is 1.18 bits per heavy atom. The standard InChI is InChI=1S/C16H8ClF3N4O2S2/c17-11-3-1-2-9(6-11)14-22-15(27-23-14)24-28(25,26)12-4-5-13(16(18,19)20)10(7-12)8-21/h1-7H,(H,22,23,24). The molecule has 28 heavy (non-hydrogen) atoms. The molecule has 0 saturated carbocycles. The lowest BCUT2D eigenvalue weighted by atomic mass is 10.1. The highest BCUT2D eigenvalue weighted by molar-refractivity contribution is 7.93. The first-order valence-corrected chi connectivity index (χ1v) is 9.97. The number of nitrogens with one attached hydrogen (secondary N) is 1. The highest BCUT2D eigenvalue weighted by Gasteiger charge is 2.34. The summed E-state index contributed by atoms with van der Waals surface area (Å²) < 4.78 is 69.6. The molecule has 0 saturated heterocycles. The summed E-state index contributed by atoms with van der Waals surface area (Å²) in [6.07, 6.45) is -4.77. The molecule has 0 bridgehead atoms. The molecule has 0 aliphatic heterocycles. The number of aromatic nitrogens is 2. The van der Waals surface area contributed by atoms with Gasteiger partial charge in [0.05, 0.1) is 22.1 Å². The number of halogens is 4. The Kier molecular flexibility index (Phi) is 5.29. The van der Waals surface area contributed by atoms with Crippen LogP contribution in [0.15, 0.2) is 47.4 Å². The number of nitriles is 1. The van der Waals surface area contributed by atoms with Crippen molar-refractivity contribution in [2.24, 2.45) is 0 Å². The zero-order valence-electron chi connectivity index (χ0n) is 13.5. The molecule has 6 nitrogen and oxygen atoms in total. The summed E-state index contributed by atoms with van der Waals surface area (Å²) in [5.41, 5.74) is -1.45. The minimum Gasteiger partial charge on any atom is -0.253 e. The molecule has 0 unspecified atom stereocenters. The molecule has 0 amide bonds. The van der Waals surface area contributed by atoms with Crippen LogP contribution in [-0.4, -0.2) is 17.8 Å². The Bertz CT molecular complexity index is 1190. The summed E-state index contributed by atoms with van der Waals surface area (Å²) in [6, 6.07) is 9.93. The van der Waals surface area contributed by atoms with E-state index in [0.29, 0.717) is 22.7 Å². The van der Waals surface area contributed by atoms with E-state index in [-0.39, 0.29) is 11.0 Å². The van der Waals surface area contributed by atoms with Gasteiger partial charge in [0.2, 0.25) is 5.13 Å². The van der Waals surface area contributed by atoms with E-state index in [9.17, 15) is 21.6 Å². The lowest BCUT2D eigenvalue weighted by molar-refractivity contribution is -0.137. The predicted octanol–water partition coefficient (Wildman–Crippen LogP) is 4.55. The second-order valence-corrected chi connectivity index (χ2v) is 8.23. The topological polar surface area (TPSA) is 95.7 Å². The van der Waals surface area contributed by atoms with Crippen LogP contribution in [0.4, 0.5) is 18.3 Å². The maximum Gasteiger partial charge on any atom is 0.417 e. The fraction of sp³-hybridized carbons (Fsp3) is 0.0625. The average Bonchev–Trinajstić information content (AvgIpc) is 3.08. The van der Waals surface area contributed by atoms with Crippen molar-refractivity contribution in [3.8, 4) is 17.5 Å². The van der Waals surface area contributed by atoms with Gasteiger partial charge in [-0.3, -0.25) is 4.72 Å². The minimum absolute atomic E-state index is 0.0895. The molecule has 0 spiro atoms. The van der Waals surface area contributed by atoms with Crippen LogP contribution in [0.2, 0.25) is 5.02 Å². The van der Waals surface area contributed by atoms with Gasteiger partial charge < -0.3 is 0 Å². The van der Waals surface area contributed by atoms with E-state index in [4.69, 9.17) is 16.9 Å². The zero-order chi connectivity index (χ0) is 20.5. The van der Waals surface area contributed by atoms with E-state index < -0.39 is 32.2 Å². The van der Waals surface area contributed by atoms with Gasteiger partial charge in [-0.2, -0.15) is 27.8 Å². The summed E-state index contributed by atoms with van der Waals surface area (Å²) in [4.78, 5) is 3.54. The van der Waals surface area contributed by atoms with Crippen LogP contribution < -0.4 is 4.72 Å². The monoisotopic (exact) mass is 444 g/mol. The maximum absolute atomic E-state index is 12.9. The van der Waals surface area contributed by atoms with Crippen LogP contribution in [0.3, 0.4) is 0 Å². The largest absolute Gasteiger partial charge is 0.417 e. The molecule has 0 radical (unpaired) electrons. The normalized spacial score (nSPS) is 11.8. The van der Waals surface area contributed by atoms with E-state index in [0.717, 1.165) is 17.6 Å². The maximum atomic E-state index is 12.9. The van der Waals surface area contributed by atoms with Crippen LogP contribution in [-0.2, 0) is 16.2 Å². The first-order chi connectivity index (χ1) is 13.1. The third-order valence-corrected chi connectivity index (χ3v) is 5.79. The molecule has 0 atom stereocenters. The molecular weight excluding hydrogens is 437 g/mol. The molecule has 1 heterocycles. The van der Waals surface area contributed by atoms with Gasteiger partial charge in [-0.1, -0.05) is 23.7 Å². The van der Waals surface area contributed by atoms with Crippen molar-refractivity contribution < 1.29 is 21.6 Å². The Hall–Kier alpha value is -2.68. The zero-order valence-corrected chi connectivity index (χ0v) is 15.9. The number of benzene rings is 2. The lowest BCUT2D eigenvalue weighted by Gasteiger charge is -2.10. The predicted molar refractivity (Wildman–Crippen MR) is 97.3 cm³/mol. The SMILES string of the molecule is N#Cc1cc(S(=O)(=O)Nc2nc(-c3cccc(Cl)c3)ns2)ccc1C(F)(F)F. The first kappa shape index (κ1) is 20.1. The van der Waals surface area contributed by atoms with Gasteiger partial charge in [0.1, 0.15) is 0 Å². The highest BCUT2D eigenvalue weighted by Crippen LogP contribution is 2.33. The van der Waals surface area contributed by atoms with Crippen LogP contribution in [0.1, 0.15) is 11.1 Å². The summed E-state index contributed by atoms with van der Waals surface area (Å²) in [7, 11) is -4.27. The summed E-state index contributed by atoms with van der Waals surface area (Å²) in [5.74, 6) is 0.232. The molecule has 1 aromatic heterocycles. The van der Waals surface area contributed by atoms with Gasteiger partial charge in [0.15, 0.2) is 5.82 Å². The molecule has 0 aliphatic carbocycles. The molecule has 12 heteroatoms. The van der Waals surface area contributed by atoms with Crippen molar-refractivity contribution in [1.29, 1.82) is 5.26 Å². The number of nitrogens with zero attached hydrogens (tertiary/aromatic N) is 3. The van der Waals surface area contributed by atoms with E-state index >= 15 is 0 Å². The second-order valence-electron chi connectivity index (χ2n) is 5.36. The van der Waals surface area contributed by atoms with E-state index in [1.807, 2.05) is 0 Å². The van der Waals surface area contributed by atoms with Crippen molar-refractivity contribution in [3.63, 3.8) is 0 Å². The minimum atomic E-state index is -4.77. The first-order valence-electron chi connectivity index (χ1n) is 7.34. The number of rotatable bonds is 4. The quantitative estimate of drug-likeness (QED) is 0.636. The van der Waals surface area contributed by atoms with Crippen molar-refractivity contribution in [2.45, 2.75) is 11.1 Å². The van der Waals surface area contributed by atoms with Gasteiger partial charge >= 0.3 is 6.18 Å². The Labute approximate surface area is 166 Å². The van der Waals surface area contributed by atoms with Crippen molar-refractivity contribution >= 4 is 38.3 Å². The Morgan fingerprint density at radius 3 is 2.57 bits per heavy atom. The van der Waals surface area contributed by atoms with Gasteiger partial charge in [0, 0.05) is 22.1 Å². The highest BCUT2D eigenvalue weighted by atomic mass is 35.5. The lowest BCUT2D eigenvalue weighted by Crippen LogP contribution is -2.15.